The second-order valence-electron chi connectivity index (χ2n) is 8.83. The summed E-state index contributed by atoms with van der Waals surface area (Å²) in [5.41, 5.74) is 6.30. The number of ether oxygens (including phenoxy) is 4. The molecular weight excluding hydrogens is 550 g/mol. The van der Waals surface area contributed by atoms with Crippen molar-refractivity contribution in [3.8, 4) is 22.9 Å². The Labute approximate surface area is 242 Å². The van der Waals surface area contributed by atoms with Gasteiger partial charge in [0.2, 0.25) is 0 Å². The van der Waals surface area contributed by atoms with E-state index in [1.54, 1.807) is 31.2 Å². The topological polar surface area (TPSA) is 114 Å². The number of aryl methyl sites for hydroxylation is 2. The highest BCUT2D eigenvalue weighted by atomic mass is 35.5. The third-order valence-electron chi connectivity index (χ3n) is 5.91. The van der Waals surface area contributed by atoms with Crippen LogP contribution in [0.1, 0.15) is 40.2 Å². The number of carbonyl (C=O) groups excluding carboxylic acids is 2. The van der Waals surface area contributed by atoms with E-state index in [4.69, 9.17) is 30.2 Å². The first-order valence-electron chi connectivity index (χ1n) is 12.7. The molecule has 2 aromatic heterocycles. The van der Waals surface area contributed by atoms with E-state index >= 15 is 0 Å². The Morgan fingerprint density at radius 2 is 1.73 bits per heavy atom. The number of benzene rings is 2. The SMILES string of the molecule is CCOc1cc(/C=N/NC(=O)c2ccc(COc3ccc(-n4c(C)ccc4C)cc3)o2)cc(Cl)c1OCC(=O)OC. The Morgan fingerprint density at radius 1 is 1.00 bits per heavy atom. The van der Waals surface area contributed by atoms with Gasteiger partial charge in [0.1, 0.15) is 18.1 Å². The van der Waals surface area contributed by atoms with Crippen molar-refractivity contribution < 1.29 is 33.0 Å². The van der Waals surface area contributed by atoms with Gasteiger partial charge in [-0.05, 0) is 87.0 Å². The van der Waals surface area contributed by atoms with Crippen LogP contribution in [0.2, 0.25) is 5.02 Å². The van der Waals surface area contributed by atoms with Crippen molar-refractivity contribution in [1.29, 1.82) is 0 Å². The van der Waals surface area contributed by atoms with Crippen LogP contribution in [-0.4, -0.2) is 43.0 Å². The molecule has 0 bridgehead atoms. The van der Waals surface area contributed by atoms with Gasteiger partial charge in [-0.25, -0.2) is 10.2 Å². The fourth-order valence-electron chi connectivity index (χ4n) is 3.98. The van der Waals surface area contributed by atoms with Crippen LogP contribution in [0.5, 0.6) is 17.2 Å². The number of rotatable bonds is 12. The van der Waals surface area contributed by atoms with Gasteiger partial charge in [-0.15, -0.1) is 0 Å². The molecule has 0 radical (unpaired) electrons. The van der Waals surface area contributed by atoms with Gasteiger partial charge < -0.3 is 27.9 Å². The summed E-state index contributed by atoms with van der Waals surface area (Å²) in [4.78, 5) is 23.9. The predicted molar refractivity (Wildman–Crippen MR) is 153 cm³/mol. The van der Waals surface area contributed by atoms with Gasteiger partial charge in [0.25, 0.3) is 0 Å². The second-order valence-corrected chi connectivity index (χ2v) is 9.23. The van der Waals surface area contributed by atoms with Crippen LogP contribution in [0.4, 0.5) is 0 Å². The van der Waals surface area contributed by atoms with E-state index in [2.05, 4.69) is 45.8 Å². The van der Waals surface area contributed by atoms with Gasteiger partial charge in [-0.2, -0.15) is 5.10 Å². The maximum atomic E-state index is 12.5. The van der Waals surface area contributed by atoms with E-state index in [-0.39, 0.29) is 29.7 Å². The first-order chi connectivity index (χ1) is 19.8. The van der Waals surface area contributed by atoms with Crippen LogP contribution in [0.25, 0.3) is 5.69 Å². The number of methoxy groups -OCH3 is 1. The zero-order valence-corrected chi connectivity index (χ0v) is 23.9. The Hall–Kier alpha value is -4.70. The van der Waals surface area contributed by atoms with Crippen LogP contribution in [-0.2, 0) is 16.1 Å². The number of amides is 1. The lowest BCUT2D eigenvalue weighted by molar-refractivity contribution is -0.142. The molecule has 2 aromatic carbocycles. The molecule has 1 amide bonds. The summed E-state index contributed by atoms with van der Waals surface area (Å²) in [7, 11) is 1.26. The van der Waals surface area contributed by atoms with E-state index in [0.29, 0.717) is 29.4 Å². The summed E-state index contributed by atoms with van der Waals surface area (Å²) in [6, 6.07) is 18.3. The number of hydrazone groups is 1. The molecule has 10 nitrogen and oxygen atoms in total. The molecule has 0 atom stereocenters. The average Bonchev–Trinajstić information content (AvgIpc) is 3.57. The monoisotopic (exact) mass is 579 g/mol. The smallest absolute Gasteiger partial charge is 0.343 e. The number of hydrogen-bond donors (Lipinski definition) is 1. The zero-order valence-electron chi connectivity index (χ0n) is 23.1. The zero-order chi connectivity index (χ0) is 29.4. The molecule has 0 aliphatic heterocycles. The molecule has 0 saturated carbocycles. The van der Waals surface area contributed by atoms with Crippen molar-refractivity contribution in [1.82, 2.24) is 9.99 Å². The molecule has 214 valence electrons. The lowest BCUT2D eigenvalue weighted by Crippen LogP contribution is -2.17. The third kappa shape index (κ3) is 7.49. The van der Waals surface area contributed by atoms with Gasteiger partial charge in [-0.1, -0.05) is 11.6 Å². The fourth-order valence-corrected chi connectivity index (χ4v) is 4.25. The quantitative estimate of drug-likeness (QED) is 0.131. The number of nitrogens with one attached hydrogen (secondary N) is 1. The summed E-state index contributed by atoms with van der Waals surface area (Å²) in [5.74, 6) is 0.657. The summed E-state index contributed by atoms with van der Waals surface area (Å²) >= 11 is 6.32. The molecule has 4 rings (SSSR count). The van der Waals surface area contributed by atoms with Crippen molar-refractivity contribution in [2.24, 2.45) is 5.10 Å². The second kappa shape index (κ2) is 13.6. The Bertz CT molecular complexity index is 1520. The minimum absolute atomic E-state index is 0.0780. The van der Waals surface area contributed by atoms with E-state index in [9.17, 15) is 9.59 Å². The van der Waals surface area contributed by atoms with E-state index in [1.807, 2.05) is 24.3 Å². The predicted octanol–water partition coefficient (Wildman–Crippen LogP) is 5.63. The van der Waals surface area contributed by atoms with Crippen molar-refractivity contribution in [3.05, 3.63) is 94.2 Å². The number of halogens is 1. The summed E-state index contributed by atoms with van der Waals surface area (Å²) in [6.07, 6.45) is 1.39. The van der Waals surface area contributed by atoms with Crippen LogP contribution in [0, 0.1) is 13.8 Å². The number of furan rings is 1. The average molecular weight is 580 g/mol. The minimum Gasteiger partial charge on any atom is -0.490 e. The van der Waals surface area contributed by atoms with Gasteiger partial charge in [0.05, 0.1) is 25.0 Å². The molecule has 0 aliphatic carbocycles. The number of hydrogen-bond acceptors (Lipinski definition) is 8. The molecule has 0 saturated heterocycles. The van der Waals surface area contributed by atoms with Gasteiger partial charge >= 0.3 is 11.9 Å². The summed E-state index contributed by atoms with van der Waals surface area (Å²) in [5, 5.41) is 4.18. The van der Waals surface area contributed by atoms with Crippen LogP contribution in [0.15, 0.2) is 70.2 Å². The molecule has 0 spiro atoms. The van der Waals surface area contributed by atoms with E-state index in [0.717, 1.165) is 17.1 Å². The van der Waals surface area contributed by atoms with Gasteiger partial charge in [0.15, 0.2) is 23.9 Å². The number of esters is 1. The first-order valence-corrected chi connectivity index (χ1v) is 13.1. The highest BCUT2D eigenvalue weighted by Crippen LogP contribution is 2.36. The van der Waals surface area contributed by atoms with Crippen molar-refractivity contribution >= 4 is 29.7 Å². The highest BCUT2D eigenvalue weighted by Gasteiger charge is 2.15. The Balaban J connectivity index is 1.32. The maximum absolute atomic E-state index is 12.5. The summed E-state index contributed by atoms with van der Waals surface area (Å²) < 4.78 is 29.2. The lowest BCUT2D eigenvalue weighted by atomic mass is 10.2. The number of nitrogens with zero attached hydrogens (tertiary/aromatic N) is 2. The minimum atomic E-state index is -0.558. The molecule has 2 heterocycles. The van der Waals surface area contributed by atoms with Crippen molar-refractivity contribution in [2.45, 2.75) is 27.4 Å². The van der Waals surface area contributed by atoms with Crippen LogP contribution >= 0.6 is 11.6 Å². The van der Waals surface area contributed by atoms with Crippen molar-refractivity contribution in [2.75, 3.05) is 20.3 Å². The molecule has 41 heavy (non-hydrogen) atoms. The maximum Gasteiger partial charge on any atom is 0.343 e. The molecule has 0 fully saturated rings. The standard InChI is InChI=1S/C30H30ClN3O7/c1-5-38-27-15-21(14-25(31)29(27)40-18-28(35)37-4)16-32-33-30(36)26-13-12-24(41-26)17-39-23-10-8-22(9-11-23)34-19(2)6-7-20(34)3/h6-16H,5,17-18H2,1-4H3,(H,33,36)/b32-16+. The van der Waals surface area contributed by atoms with Gasteiger partial charge in [0, 0.05) is 17.1 Å². The lowest BCUT2D eigenvalue weighted by Gasteiger charge is -2.13. The molecule has 0 aliphatic rings. The van der Waals surface area contributed by atoms with E-state index < -0.39 is 11.9 Å². The normalized spacial score (nSPS) is 11.0. The van der Waals surface area contributed by atoms with Crippen LogP contribution in [0.3, 0.4) is 0 Å². The molecule has 4 aromatic rings. The number of carbonyl (C=O) groups is 2. The molecule has 1 N–H and O–H groups in total. The van der Waals surface area contributed by atoms with Crippen LogP contribution < -0.4 is 19.6 Å². The highest BCUT2D eigenvalue weighted by molar-refractivity contribution is 6.32. The third-order valence-corrected chi connectivity index (χ3v) is 6.19. The summed E-state index contributed by atoms with van der Waals surface area (Å²) in [6.45, 7) is 6.08. The molecule has 0 unspecified atom stereocenters. The number of aromatic nitrogens is 1. The van der Waals surface area contributed by atoms with Gasteiger partial charge in [-0.3, -0.25) is 4.79 Å². The largest absolute Gasteiger partial charge is 0.490 e. The van der Waals surface area contributed by atoms with E-state index in [1.165, 1.54) is 13.3 Å². The molecule has 11 heteroatoms. The first kappa shape index (κ1) is 29.3. The fraction of sp³-hybridized carbons (Fsp3) is 0.233. The Kier molecular flexibility index (Phi) is 9.70. The van der Waals surface area contributed by atoms with Crippen molar-refractivity contribution in [3.63, 3.8) is 0 Å². The molecular formula is C30H30ClN3O7. The Morgan fingerprint density at radius 3 is 2.41 bits per heavy atom.